The van der Waals surface area contributed by atoms with Crippen LogP contribution in [0.25, 0.3) is 0 Å². The molecule has 94 valence electrons. The molecule has 0 aliphatic heterocycles. The molecule has 0 spiro atoms. The van der Waals surface area contributed by atoms with Crippen molar-refractivity contribution in [3.05, 3.63) is 24.5 Å². The van der Waals surface area contributed by atoms with Gasteiger partial charge in [0.1, 0.15) is 0 Å². The van der Waals surface area contributed by atoms with Crippen molar-refractivity contribution in [3.8, 4) is 0 Å². The fourth-order valence-corrected chi connectivity index (χ4v) is 1.49. The van der Waals surface area contributed by atoms with Crippen molar-refractivity contribution >= 4 is 11.6 Å². The molecule has 1 aromatic heterocycles. The molecular formula is C13H21N3O. The second kappa shape index (κ2) is 7.01. The van der Waals surface area contributed by atoms with E-state index < -0.39 is 0 Å². The van der Waals surface area contributed by atoms with E-state index in [2.05, 4.69) is 24.1 Å². The summed E-state index contributed by atoms with van der Waals surface area (Å²) >= 11 is 0. The Labute approximate surface area is 103 Å². The lowest BCUT2D eigenvalue weighted by molar-refractivity contribution is -0.118. The first kappa shape index (κ1) is 13.6. The van der Waals surface area contributed by atoms with E-state index in [1.165, 1.54) is 0 Å². The van der Waals surface area contributed by atoms with E-state index in [9.17, 15) is 4.79 Å². The fraction of sp³-hybridized carbons (Fsp3) is 0.538. The first-order valence-corrected chi connectivity index (χ1v) is 6.01. The SMILES string of the molecule is CC(C)NCCCC(=O)N(C)c1cccnc1. The Morgan fingerprint density at radius 1 is 1.53 bits per heavy atom. The quantitative estimate of drug-likeness (QED) is 0.765. The van der Waals surface area contributed by atoms with Gasteiger partial charge in [-0.1, -0.05) is 13.8 Å². The minimum atomic E-state index is 0.128. The molecule has 1 aromatic rings. The number of anilines is 1. The van der Waals surface area contributed by atoms with Gasteiger partial charge in [-0.25, -0.2) is 0 Å². The lowest BCUT2D eigenvalue weighted by Crippen LogP contribution is -2.28. The summed E-state index contributed by atoms with van der Waals surface area (Å²) in [6, 6.07) is 4.19. The predicted molar refractivity (Wildman–Crippen MR) is 70.0 cm³/mol. The normalized spacial score (nSPS) is 10.6. The van der Waals surface area contributed by atoms with Gasteiger partial charge in [0.2, 0.25) is 5.91 Å². The number of nitrogens with zero attached hydrogens (tertiary/aromatic N) is 2. The van der Waals surface area contributed by atoms with Crippen LogP contribution in [-0.4, -0.2) is 30.5 Å². The van der Waals surface area contributed by atoms with Crippen LogP contribution in [0.3, 0.4) is 0 Å². The van der Waals surface area contributed by atoms with Crippen LogP contribution in [0.4, 0.5) is 5.69 Å². The molecule has 0 radical (unpaired) electrons. The minimum Gasteiger partial charge on any atom is -0.315 e. The molecule has 0 atom stereocenters. The Hall–Kier alpha value is -1.42. The molecule has 4 heteroatoms. The van der Waals surface area contributed by atoms with Gasteiger partial charge in [-0.2, -0.15) is 0 Å². The standard InChI is InChI=1S/C13H21N3O/c1-11(2)15-9-5-7-13(17)16(3)12-6-4-8-14-10-12/h4,6,8,10-11,15H,5,7,9H2,1-3H3. The van der Waals surface area contributed by atoms with Crippen molar-refractivity contribution < 1.29 is 4.79 Å². The monoisotopic (exact) mass is 235 g/mol. The molecule has 1 heterocycles. The Morgan fingerprint density at radius 3 is 2.88 bits per heavy atom. The maximum absolute atomic E-state index is 11.9. The number of nitrogens with one attached hydrogen (secondary N) is 1. The van der Waals surface area contributed by atoms with E-state index in [0.29, 0.717) is 12.5 Å². The third-order valence-electron chi connectivity index (χ3n) is 2.53. The zero-order valence-corrected chi connectivity index (χ0v) is 10.8. The molecule has 0 fully saturated rings. The number of hydrogen-bond acceptors (Lipinski definition) is 3. The molecule has 1 amide bonds. The van der Waals surface area contributed by atoms with Gasteiger partial charge in [0.15, 0.2) is 0 Å². The Bertz CT molecular complexity index is 338. The van der Waals surface area contributed by atoms with Gasteiger partial charge in [0, 0.05) is 25.7 Å². The van der Waals surface area contributed by atoms with Crippen LogP contribution < -0.4 is 10.2 Å². The summed E-state index contributed by atoms with van der Waals surface area (Å²) in [6.07, 6.45) is 4.82. The molecule has 1 rings (SSSR count). The number of carbonyl (C=O) groups is 1. The summed E-state index contributed by atoms with van der Waals surface area (Å²) in [5, 5.41) is 3.30. The van der Waals surface area contributed by atoms with Crippen LogP contribution in [0.1, 0.15) is 26.7 Å². The number of hydrogen-bond donors (Lipinski definition) is 1. The van der Waals surface area contributed by atoms with Gasteiger partial charge in [-0.3, -0.25) is 9.78 Å². The summed E-state index contributed by atoms with van der Waals surface area (Å²) in [6.45, 7) is 5.08. The van der Waals surface area contributed by atoms with Crippen molar-refractivity contribution in [1.29, 1.82) is 0 Å². The summed E-state index contributed by atoms with van der Waals surface area (Å²) in [7, 11) is 1.79. The van der Waals surface area contributed by atoms with Gasteiger partial charge < -0.3 is 10.2 Å². The molecule has 0 aliphatic carbocycles. The van der Waals surface area contributed by atoms with Crippen LogP contribution in [-0.2, 0) is 4.79 Å². The molecule has 0 saturated carbocycles. The van der Waals surface area contributed by atoms with Crippen LogP contribution >= 0.6 is 0 Å². The highest BCUT2D eigenvalue weighted by Crippen LogP contribution is 2.10. The third kappa shape index (κ3) is 4.95. The molecule has 0 aromatic carbocycles. The number of carbonyl (C=O) groups excluding carboxylic acids is 1. The van der Waals surface area contributed by atoms with Crippen LogP contribution in [0, 0.1) is 0 Å². The third-order valence-corrected chi connectivity index (χ3v) is 2.53. The molecule has 1 N–H and O–H groups in total. The number of amides is 1. The summed E-state index contributed by atoms with van der Waals surface area (Å²) in [5.74, 6) is 0.128. The summed E-state index contributed by atoms with van der Waals surface area (Å²) < 4.78 is 0. The molecule has 4 nitrogen and oxygen atoms in total. The van der Waals surface area contributed by atoms with E-state index >= 15 is 0 Å². The average molecular weight is 235 g/mol. The Kier molecular flexibility index (Phi) is 5.63. The highest BCUT2D eigenvalue weighted by Gasteiger charge is 2.09. The largest absolute Gasteiger partial charge is 0.315 e. The van der Waals surface area contributed by atoms with E-state index in [-0.39, 0.29) is 5.91 Å². The van der Waals surface area contributed by atoms with Crippen molar-refractivity contribution in [2.75, 3.05) is 18.5 Å². The molecule has 17 heavy (non-hydrogen) atoms. The van der Waals surface area contributed by atoms with Gasteiger partial charge in [-0.05, 0) is 25.1 Å². The van der Waals surface area contributed by atoms with E-state index in [4.69, 9.17) is 0 Å². The van der Waals surface area contributed by atoms with Crippen molar-refractivity contribution in [2.24, 2.45) is 0 Å². The van der Waals surface area contributed by atoms with E-state index in [1.807, 2.05) is 12.1 Å². The average Bonchev–Trinajstić information content (AvgIpc) is 2.34. The molecular weight excluding hydrogens is 214 g/mol. The smallest absolute Gasteiger partial charge is 0.226 e. The number of pyridine rings is 1. The van der Waals surface area contributed by atoms with Crippen LogP contribution in [0.2, 0.25) is 0 Å². The lowest BCUT2D eigenvalue weighted by atomic mass is 10.2. The second-order valence-electron chi connectivity index (χ2n) is 4.38. The second-order valence-corrected chi connectivity index (χ2v) is 4.38. The summed E-state index contributed by atoms with van der Waals surface area (Å²) in [4.78, 5) is 17.5. The van der Waals surface area contributed by atoms with Gasteiger partial charge in [0.25, 0.3) is 0 Å². The van der Waals surface area contributed by atoms with Crippen LogP contribution in [0.5, 0.6) is 0 Å². The van der Waals surface area contributed by atoms with E-state index in [1.54, 1.807) is 24.3 Å². The van der Waals surface area contributed by atoms with Crippen molar-refractivity contribution in [3.63, 3.8) is 0 Å². The lowest BCUT2D eigenvalue weighted by Gasteiger charge is -2.17. The fourth-order valence-electron chi connectivity index (χ4n) is 1.49. The van der Waals surface area contributed by atoms with Gasteiger partial charge >= 0.3 is 0 Å². The van der Waals surface area contributed by atoms with Gasteiger partial charge in [0.05, 0.1) is 11.9 Å². The number of rotatable bonds is 6. The Morgan fingerprint density at radius 2 is 2.29 bits per heavy atom. The zero-order valence-electron chi connectivity index (χ0n) is 10.8. The Balaban J connectivity index is 2.33. The first-order valence-electron chi connectivity index (χ1n) is 6.01. The zero-order chi connectivity index (χ0) is 12.7. The van der Waals surface area contributed by atoms with Crippen molar-refractivity contribution in [1.82, 2.24) is 10.3 Å². The molecule has 0 unspecified atom stereocenters. The van der Waals surface area contributed by atoms with Crippen LogP contribution in [0.15, 0.2) is 24.5 Å². The maximum Gasteiger partial charge on any atom is 0.226 e. The highest BCUT2D eigenvalue weighted by molar-refractivity contribution is 5.92. The highest BCUT2D eigenvalue weighted by atomic mass is 16.2. The molecule has 0 aliphatic rings. The topological polar surface area (TPSA) is 45.2 Å². The summed E-state index contributed by atoms with van der Waals surface area (Å²) in [5.41, 5.74) is 0.842. The van der Waals surface area contributed by atoms with Crippen molar-refractivity contribution in [2.45, 2.75) is 32.7 Å². The maximum atomic E-state index is 11.9. The minimum absolute atomic E-state index is 0.128. The number of aromatic nitrogens is 1. The predicted octanol–water partition coefficient (Wildman–Crippen LogP) is 1.82. The van der Waals surface area contributed by atoms with E-state index in [0.717, 1.165) is 18.7 Å². The molecule has 0 saturated heterocycles. The first-order chi connectivity index (χ1) is 8.11. The molecule has 0 bridgehead atoms. The van der Waals surface area contributed by atoms with Gasteiger partial charge in [-0.15, -0.1) is 0 Å².